The van der Waals surface area contributed by atoms with E-state index < -0.39 is 0 Å². The number of hydrogen-bond acceptors (Lipinski definition) is 3. The number of aryl methyl sites for hydroxylation is 1. The Morgan fingerprint density at radius 2 is 2.41 bits per heavy atom. The summed E-state index contributed by atoms with van der Waals surface area (Å²) in [6.07, 6.45) is 2.16. The number of rotatable bonds is 2. The van der Waals surface area contributed by atoms with Crippen LogP contribution in [0.2, 0.25) is 5.02 Å². The fraction of sp³-hybridized carbons (Fsp3) is 0.500. The smallest absolute Gasteiger partial charge is 0.253 e. The average molecular weight is 255 g/mol. The summed E-state index contributed by atoms with van der Waals surface area (Å²) in [5.41, 5.74) is 1.29. The first-order valence-electron chi connectivity index (χ1n) is 5.63. The molecule has 0 spiro atoms. The van der Waals surface area contributed by atoms with Crippen LogP contribution in [-0.4, -0.2) is 23.6 Å². The molecule has 1 amide bonds. The molecule has 0 bridgehead atoms. The first kappa shape index (κ1) is 12.3. The lowest BCUT2D eigenvalue weighted by atomic mass is 10.0. The molecule has 0 radical (unpaired) electrons. The van der Waals surface area contributed by atoms with Crippen LogP contribution in [0.1, 0.15) is 19.0 Å². The van der Waals surface area contributed by atoms with Gasteiger partial charge in [0.15, 0.2) is 0 Å². The highest BCUT2D eigenvalue weighted by atomic mass is 35.5. The Bertz CT molecular complexity index is 437. The maximum Gasteiger partial charge on any atom is 0.253 e. The molecule has 1 aliphatic heterocycles. The lowest BCUT2D eigenvalue weighted by molar-refractivity contribution is -0.126. The molecule has 1 aromatic rings. The minimum absolute atomic E-state index is 0.137. The summed E-state index contributed by atoms with van der Waals surface area (Å²) in [4.78, 5) is 16.0. The van der Waals surface area contributed by atoms with Gasteiger partial charge in [0.2, 0.25) is 0 Å². The normalized spacial score (nSPS) is 23.7. The fourth-order valence-electron chi connectivity index (χ4n) is 1.88. The number of carbonyl (C=O) groups is 1. The van der Waals surface area contributed by atoms with Crippen LogP contribution < -0.4 is 5.32 Å². The minimum Gasteiger partial charge on any atom is -0.368 e. The van der Waals surface area contributed by atoms with E-state index in [0.717, 1.165) is 6.42 Å². The van der Waals surface area contributed by atoms with Crippen LogP contribution >= 0.6 is 11.6 Å². The molecule has 2 heterocycles. The zero-order chi connectivity index (χ0) is 12.4. The third-order valence-corrected chi connectivity index (χ3v) is 3.44. The second-order valence-corrected chi connectivity index (χ2v) is 4.68. The SMILES string of the molecule is Cc1nccc(NC(=O)[C@@H]2OCC[C@@H]2C)c1Cl. The Kier molecular flexibility index (Phi) is 3.64. The molecule has 1 aliphatic rings. The van der Waals surface area contributed by atoms with Gasteiger partial charge in [0.1, 0.15) is 6.10 Å². The van der Waals surface area contributed by atoms with Crippen molar-refractivity contribution in [1.29, 1.82) is 0 Å². The van der Waals surface area contributed by atoms with Gasteiger partial charge in [-0.3, -0.25) is 9.78 Å². The predicted molar refractivity (Wildman–Crippen MR) is 66.1 cm³/mol. The lowest BCUT2D eigenvalue weighted by Crippen LogP contribution is -2.31. The second-order valence-electron chi connectivity index (χ2n) is 4.30. The number of nitrogens with zero attached hydrogens (tertiary/aromatic N) is 1. The Hall–Kier alpha value is -1.13. The summed E-state index contributed by atoms with van der Waals surface area (Å²) in [6.45, 7) is 4.45. The van der Waals surface area contributed by atoms with Gasteiger partial charge in [0.25, 0.3) is 5.91 Å². The van der Waals surface area contributed by atoms with Crippen molar-refractivity contribution in [2.75, 3.05) is 11.9 Å². The average Bonchev–Trinajstić information content (AvgIpc) is 2.71. The van der Waals surface area contributed by atoms with Crippen molar-refractivity contribution in [2.24, 2.45) is 5.92 Å². The molecule has 1 fully saturated rings. The van der Waals surface area contributed by atoms with Crippen molar-refractivity contribution < 1.29 is 9.53 Å². The molecule has 17 heavy (non-hydrogen) atoms. The van der Waals surface area contributed by atoms with E-state index in [9.17, 15) is 4.79 Å². The summed E-state index contributed by atoms with van der Waals surface area (Å²) >= 11 is 6.06. The third kappa shape index (κ3) is 2.58. The van der Waals surface area contributed by atoms with Crippen LogP contribution in [0.4, 0.5) is 5.69 Å². The molecule has 0 unspecified atom stereocenters. The van der Waals surface area contributed by atoms with E-state index in [2.05, 4.69) is 10.3 Å². The molecule has 5 heteroatoms. The molecule has 4 nitrogen and oxygen atoms in total. The minimum atomic E-state index is -0.375. The molecule has 2 rings (SSSR count). The Morgan fingerprint density at radius 1 is 1.65 bits per heavy atom. The van der Waals surface area contributed by atoms with E-state index in [4.69, 9.17) is 16.3 Å². The molecular formula is C12H15ClN2O2. The van der Waals surface area contributed by atoms with Crippen LogP contribution in [0, 0.1) is 12.8 Å². The maximum atomic E-state index is 12.0. The number of halogens is 1. The lowest BCUT2D eigenvalue weighted by Gasteiger charge is -2.15. The summed E-state index contributed by atoms with van der Waals surface area (Å²) in [5.74, 6) is 0.110. The maximum absolute atomic E-state index is 12.0. The van der Waals surface area contributed by atoms with Crippen LogP contribution in [0.15, 0.2) is 12.3 Å². The van der Waals surface area contributed by atoms with Gasteiger partial charge in [-0.2, -0.15) is 0 Å². The first-order chi connectivity index (χ1) is 8.09. The molecule has 1 saturated heterocycles. The summed E-state index contributed by atoms with van der Waals surface area (Å²) in [6, 6.07) is 1.69. The quantitative estimate of drug-likeness (QED) is 0.882. The van der Waals surface area contributed by atoms with Crippen molar-refractivity contribution in [1.82, 2.24) is 4.98 Å². The van der Waals surface area contributed by atoms with Gasteiger partial charge in [-0.15, -0.1) is 0 Å². The van der Waals surface area contributed by atoms with E-state index in [1.54, 1.807) is 19.2 Å². The third-order valence-electron chi connectivity index (χ3n) is 2.97. The van der Waals surface area contributed by atoms with Crippen LogP contribution in [0.3, 0.4) is 0 Å². The zero-order valence-electron chi connectivity index (χ0n) is 9.87. The Morgan fingerprint density at radius 3 is 3.06 bits per heavy atom. The topological polar surface area (TPSA) is 51.2 Å². The number of nitrogens with one attached hydrogen (secondary N) is 1. The fourth-order valence-corrected chi connectivity index (χ4v) is 2.04. The van der Waals surface area contributed by atoms with Gasteiger partial charge in [0.05, 0.1) is 16.4 Å². The van der Waals surface area contributed by atoms with Crippen molar-refractivity contribution in [2.45, 2.75) is 26.4 Å². The summed E-state index contributed by atoms with van der Waals surface area (Å²) in [7, 11) is 0. The van der Waals surface area contributed by atoms with Gasteiger partial charge in [0, 0.05) is 12.8 Å². The monoisotopic (exact) mass is 254 g/mol. The first-order valence-corrected chi connectivity index (χ1v) is 6.01. The Labute approximate surface area is 105 Å². The number of anilines is 1. The highest BCUT2D eigenvalue weighted by Gasteiger charge is 2.31. The molecular weight excluding hydrogens is 240 g/mol. The molecule has 0 aliphatic carbocycles. The largest absolute Gasteiger partial charge is 0.368 e. The van der Waals surface area contributed by atoms with Crippen LogP contribution in [0.25, 0.3) is 0 Å². The predicted octanol–water partition coefficient (Wildman–Crippen LogP) is 2.41. The molecule has 1 N–H and O–H groups in total. The number of hydrogen-bond donors (Lipinski definition) is 1. The van der Waals surface area contributed by atoms with Gasteiger partial charge >= 0.3 is 0 Å². The number of ether oxygens (including phenoxy) is 1. The van der Waals surface area contributed by atoms with Crippen molar-refractivity contribution >= 4 is 23.2 Å². The van der Waals surface area contributed by atoms with E-state index in [0.29, 0.717) is 23.0 Å². The van der Waals surface area contributed by atoms with Gasteiger partial charge in [-0.1, -0.05) is 18.5 Å². The number of pyridine rings is 1. The van der Waals surface area contributed by atoms with Crippen molar-refractivity contribution in [3.05, 3.63) is 23.0 Å². The van der Waals surface area contributed by atoms with Gasteiger partial charge in [-0.25, -0.2) is 0 Å². The molecule has 0 saturated carbocycles. The number of amides is 1. The van der Waals surface area contributed by atoms with Crippen LogP contribution in [-0.2, 0) is 9.53 Å². The molecule has 0 aromatic carbocycles. The van der Waals surface area contributed by atoms with E-state index >= 15 is 0 Å². The zero-order valence-corrected chi connectivity index (χ0v) is 10.6. The number of carbonyl (C=O) groups excluding carboxylic acids is 1. The number of aromatic nitrogens is 1. The standard InChI is InChI=1S/C12H15ClN2O2/c1-7-4-6-17-11(7)12(16)15-9-3-5-14-8(2)10(9)13/h3,5,7,11H,4,6H2,1-2H3,(H,14,15,16)/t7-,11+/m0/s1. The Balaban J connectivity index is 2.10. The van der Waals surface area contributed by atoms with Gasteiger partial charge in [-0.05, 0) is 25.3 Å². The van der Waals surface area contributed by atoms with Crippen LogP contribution in [0.5, 0.6) is 0 Å². The van der Waals surface area contributed by atoms with Crippen molar-refractivity contribution in [3.8, 4) is 0 Å². The van der Waals surface area contributed by atoms with E-state index in [1.165, 1.54) is 0 Å². The van der Waals surface area contributed by atoms with E-state index in [1.807, 2.05) is 6.92 Å². The molecule has 2 atom stereocenters. The van der Waals surface area contributed by atoms with Gasteiger partial charge < -0.3 is 10.1 Å². The highest BCUT2D eigenvalue weighted by molar-refractivity contribution is 6.34. The molecule has 92 valence electrons. The van der Waals surface area contributed by atoms with E-state index in [-0.39, 0.29) is 17.9 Å². The summed E-state index contributed by atoms with van der Waals surface area (Å²) < 4.78 is 5.40. The second kappa shape index (κ2) is 5.02. The highest BCUT2D eigenvalue weighted by Crippen LogP contribution is 2.26. The summed E-state index contributed by atoms with van der Waals surface area (Å²) in [5, 5.41) is 3.27. The molecule has 1 aromatic heterocycles. The van der Waals surface area contributed by atoms with Crippen molar-refractivity contribution in [3.63, 3.8) is 0 Å².